The number of carbonyl (C=O) groups is 1. The maximum absolute atomic E-state index is 12.2. The molecule has 2 atom stereocenters. The molecule has 16 nitrogen and oxygen atoms in total. The van der Waals surface area contributed by atoms with Gasteiger partial charge in [-0.3, -0.25) is 4.79 Å². The number of aromatic amines is 1. The van der Waals surface area contributed by atoms with E-state index in [1.54, 1.807) is 0 Å². The Kier molecular flexibility index (Phi) is 11.3. The van der Waals surface area contributed by atoms with Crippen molar-refractivity contribution in [3.05, 3.63) is 91.0 Å². The van der Waals surface area contributed by atoms with E-state index < -0.39 is 34.8 Å². The first-order valence-electron chi connectivity index (χ1n) is 14.1. The predicted octanol–water partition coefficient (Wildman–Crippen LogP) is 4.58. The van der Waals surface area contributed by atoms with Crippen molar-refractivity contribution >= 4 is 17.6 Å². The molecule has 0 aliphatic carbocycles. The maximum atomic E-state index is 12.2. The summed E-state index contributed by atoms with van der Waals surface area (Å²) in [5, 5.41) is 43.6. The van der Waals surface area contributed by atoms with Gasteiger partial charge in [-0.25, -0.2) is 10.1 Å². The van der Waals surface area contributed by atoms with Crippen molar-refractivity contribution in [3.8, 4) is 22.5 Å². The van der Waals surface area contributed by atoms with Crippen LogP contribution in [-0.4, -0.2) is 64.1 Å². The minimum Gasteiger partial charge on any atom is -0.481 e. The minimum atomic E-state index is -1.32. The van der Waals surface area contributed by atoms with E-state index in [0.717, 1.165) is 35.1 Å². The standard InChI is InChI=1S/C28H31ClN8O8/c1-2-3-8-25-30-26(29)24(15-20(28(38)39)13-14-21(45-37(42)43)17-44-36(40)41)35(25)16-18-9-11-19(12-10-18)22-6-4-5-7-23(22)27-31-33-34-32-27/h4-7,9-12,20-21H,2-3,8,13-17H2,1H3,(H,38,39)(H,31,32,33,34)/t20?,21-/m1/s1. The second-order valence-corrected chi connectivity index (χ2v) is 10.6. The number of rotatable bonds is 18. The molecular formula is C28H31ClN8O8. The van der Waals surface area contributed by atoms with E-state index in [1.165, 1.54) is 0 Å². The van der Waals surface area contributed by atoms with Gasteiger partial charge in [0.25, 0.3) is 10.2 Å². The average Bonchev–Trinajstić information content (AvgIpc) is 3.65. The van der Waals surface area contributed by atoms with Gasteiger partial charge in [-0.2, -0.15) is 0 Å². The van der Waals surface area contributed by atoms with Crippen molar-refractivity contribution in [1.29, 1.82) is 0 Å². The summed E-state index contributed by atoms with van der Waals surface area (Å²) in [5.41, 5.74) is 4.16. The Morgan fingerprint density at radius 3 is 2.44 bits per heavy atom. The lowest BCUT2D eigenvalue weighted by Gasteiger charge is -2.19. The molecule has 17 heteroatoms. The first-order chi connectivity index (χ1) is 21.7. The molecule has 2 N–H and O–H groups in total. The van der Waals surface area contributed by atoms with E-state index in [9.17, 15) is 30.1 Å². The quantitative estimate of drug-likeness (QED) is 0.113. The van der Waals surface area contributed by atoms with E-state index in [-0.39, 0.29) is 24.4 Å². The van der Waals surface area contributed by atoms with E-state index in [4.69, 9.17) is 11.6 Å². The van der Waals surface area contributed by atoms with Gasteiger partial charge in [0.2, 0.25) is 0 Å². The summed E-state index contributed by atoms with van der Waals surface area (Å²) < 4.78 is 1.91. The van der Waals surface area contributed by atoms with Gasteiger partial charge in [-0.1, -0.05) is 73.5 Å². The fourth-order valence-electron chi connectivity index (χ4n) is 4.96. The van der Waals surface area contributed by atoms with Crippen LogP contribution in [0.1, 0.15) is 49.7 Å². The third kappa shape index (κ3) is 8.95. The van der Waals surface area contributed by atoms with Crippen molar-refractivity contribution in [2.75, 3.05) is 6.61 Å². The number of hydrogen-bond donors (Lipinski definition) is 2. The van der Waals surface area contributed by atoms with Crippen LogP contribution < -0.4 is 0 Å². The number of imidazole rings is 1. The van der Waals surface area contributed by atoms with Gasteiger partial charge in [0, 0.05) is 24.9 Å². The number of unbranched alkanes of at least 4 members (excludes halogenated alkanes) is 1. The molecule has 0 spiro atoms. The molecule has 2 heterocycles. The lowest BCUT2D eigenvalue weighted by Crippen LogP contribution is -2.27. The number of tetrazole rings is 1. The van der Waals surface area contributed by atoms with Gasteiger partial charge in [0.05, 0.1) is 11.6 Å². The fraction of sp³-hybridized carbons (Fsp3) is 0.393. The molecule has 1 unspecified atom stereocenters. The SMILES string of the molecule is CCCCc1nc(Cl)c(CC(CC[C@H](CO[N+](=O)[O-])O[N+](=O)[O-])C(=O)O)n1Cc1ccc(-c2ccccc2-c2nnn[nH]2)cc1. The number of aliphatic carboxylic acids is 1. The molecule has 0 saturated heterocycles. The highest BCUT2D eigenvalue weighted by Crippen LogP contribution is 2.31. The van der Waals surface area contributed by atoms with E-state index in [1.807, 2.05) is 60.0 Å². The summed E-state index contributed by atoms with van der Waals surface area (Å²) in [5.74, 6) is -0.937. The molecule has 0 radical (unpaired) electrons. The van der Waals surface area contributed by atoms with Crippen LogP contribution in [0.5, 0.6) is 0 Å². The van der Waals surface area contributed by atoms with E-state index in [2.05, 4.69) is 35.3 Å². The number of aryl methyl sites for hydroxylation is 1. The van der Waals surface area contributed by atoms with Crippen LogP contribution in [0.15, 0.2) is 48.5 Å². The summed E-state index contributed by atoms with van der Waals surface area (Å²) in [6.45, 7) is 1.71. The molecule has 0 bridgehead atoms. The largest absolute Gasteiger partial charge is 0.481 e. The van der Waals surface area contributed by atoms with Gasteiger partial charge in [-0.15, -0.1) is 25.3 Å². The number of nitrogens with zero attached hydrogens (tertiary/aromatic N) is 7. The fourth-order valence-corrected chi connectivity index (χ4v) is 5.24. The van der Waals surface area contributed by atoms with Crippen LogP contribution in [0, 0.1) is 26.1 Å². The monoisotopic (exact) mass is 642 g/mol. The first kappa shape index (κ1) is 32.8. The van der Waals surface area contributed by atoms with Crippen LogP contribution in [0.3, 0.4) is 0 Å². The summed E-state index contributed by atoms with van der Waals surface area (Å²) in [6, 6.07) is 15.6. The van der Waals surface area contributed by atoms with Crippen LogP contribution >= 0.6 is 11.6 Å². The number of halogens is 1. The second kappa shape index (κ2) is 15.6. The van der Waals surface area contributed by atoms with Gasteiger partial charge in [0.1, 0.15) is 18.5 Å². The number of aromatic nitrogens is 6. The van der Waals surface area contributed by atoms with Crippen molar-refractivity contribution in [1.82, 2.24) is 30.2 Å². The van der Waals surface area contributed by atoms with E-state index >= 15 is 0 Å². The van der Waals surface area contributed by atoms with Gasteiger partial charge in [0.15, 0.2) is 11.0 Å². The summed E-state index contributed by atoms with van der Waals surface area (Å²) >= 11 is 6.58. The van der Waals surface area contributed by atoms with Crippen LogP contribution in [0.4, 0.5) is 0 Å². The Morgan fingerprint density at radius 2 is 1.82 bits per heavy atom. The number of carboxylic acid groups (broad SMARTS) is 1. The van der Waals surface area contributed by atoms with Crippen molar-refractivity contribution in [2.24, 2.45) is 5.92 Å². The molecule has 4 rings (SSSR count). The Morgan fingerprint density at radius 1 is 1.09 bits per heavy atom. The third-order valence-corrected chi connectivity index (χ3v) is 7.52. The summed E-state index contributed by atoms with van der Waals surface area (Å²) in [6.07, 6.45) is 0.779. The Hall–Kier alpha value is -5.12. The molecule has 0 aliphatic heterocycles. The molecule has 0 fully saturated rings. The van der Waals surface area contributed by atoms with Crippen LogP contribution in [0.25, 0.3) is 22.5 Å². The molecule has 0 aliphatic rings. The summed E-state index contributed by atoms with van der Waals surface area (Å²) in [7, 11) is 0. The maximum Gasteiger partial charge on any atom is 0.306 e. The lowest BCUT2D eigenvalue weighted by atomic mass is 9.96. The molecular weight excluding hydrogens is 612 g/mol. The van der Waals surface area contributed by atoms with Crippen molar-refractivity contribution in [2.45, 2.75) is 58.1 Å². The van der Waals surface area contributed by atoms with Gasteiger partial charge < -0.3 is 19.3 Å². The minimum absolute atomic E-state index is 0.0226. The molecule has 2 aromatic heterocycles. The van der Waals surface area contributed by atoms with Gasteiger partial charge in [-0.05, 0) is 46.4 Å². The Bertz CT molecular complexity index is 1600. The van der Waals surface area contributed by atoms with Crippen LogP contribution in [0.2, 0.25) is 5.15 Å². The lowest BCUT2D eigenvalue weighted by molar-refractivity contribution is -0.790. The van der Waals surface area contributed by atoms with Crippen LogP contribution in [-0.2, 0) is 33.9 Å². The topological polar surface area (TPSA) is 214 Å². The highest BCUT2D eigenvalue weighted by Gasteiger charge is 2.27. The summed E-state index contributed by atoms with van der Waals surface area (Å²) in [4.78, 5) is 46.9. The number of nitrogens with one attached hydrogen (secondary N) is 1. The van der Waals surface area contributed by atoms with Crippen molar-refractivity contribution < 1.29 is 29.7 Å². The Balaban J connectivity index is 1.57. The average molecular weight is 643 g/mol. The molecule has 2 aromatic carbocycles. The van der Waals surface area contributed by atoms with Gasteiger partial charge >= 0.3 is 5.97 Å². The predicted molar refractivity (Wildman–Crippen MR) is 159 cm³/mol. The van der Waals surface area contributed by atoms with E-state index in [0.29, 0.717) is 30.3 Å². The highest BCUT2D eigenvalue weighted by molar-refractivity contribution is 6.30. The molecule has 45 heavy (non-hydrogen) atoms. The Labute approximate surface area is 261 Å². The smallest absolute Gasteiger partial charge is 0.306 e. The number of benzene rings is 2. The normalized spacial score (nSPS) is 12.4. The number of hydrogen-bond acceptors (Lipinski definition) is 11. The zero-order chi connectivity index (χ0) is 32.3. The molecule has 238 valence electrons. The molecule has 4 aromatic rings. The van der Waals surface area contributed by atoms with Crippen molar-refractivity contribution in [3.63, 3.8) is 0 Å². The number of H-pyrrole nitrogens is 1. The zero-order valence-electron chi connectivity index (χ0n) is 24.2. The molecule has 0 saturated carbocycles. The zero-order valence-corrected chi connectivity index (χ0v) is 25.0. The second-order valence-electron chi connectivity index (χ2n) is 10.2. The molecule has 0 amide bonds. The first-order valence-corrected chi connectivity index (χ1v) is 14.5. The number of carboxylic acids is 1. The highest BCUT2D eigenvalue weighted by atomic mass is 35.5. The third-order valence-electron chi connectivity index (χ3n) is 7.22.